The van der Waals surface area contributed by atoms with Crippen LogP contribution in [0.2, 0.25) is 0 Å². The molecule has 0 spiro atoms. The summed E-state index contributed by atoms with van der Waals surface area (Å²) < 4.78 is 0. The van der Waals surface area contributed by atoms with E-state index in [1.54, 1.807) is 36.2 Å². The van der Waals surface area contributed by atoms with Crippen LogP contribution in [0.4, 0.5) is 5.69 Å². The molecule has 186 valence electrons. The third kappa shape index (κ3) is 5.47. The molecule has 4 aromatic rings. The standard InChI is InChI=1S/C32H31N3O2/c1-33(29-18-9-4-10-19-29)31(36)27-16-11-17-28(24-27)32(37)35-22-20-34(21-23-35)30(25-12-5-2-6-13-25)26-14-7-3-8-15-26/h2-19,24,30H,20-23H2,1H3. The maximum Gasteiger partial charge on any atom is 0.258 e. The monoisotopic (exact) mass is 489 g/mol. The Morgan fingerprint density at radius 1 is 0.649 bits per heavy atom. The molecule has 0 unspecified atom stereocenters. The molecule has 4 aromatic carbocycles. The van der Waals surface area contributed by atoms with Gasteiger partial charge in [0.25, 0.3) is 11.8 Å². The zero-order valence-corrected chi connectivity index (χ0v) is 21.0. The van der Waals surface area contributed by atoms with Crippen molar-refractivity contribution in [3.63, 3.8) is 0 Å². The number of benzene rings is 4. The number of hydrogen-bond acceptors (Lipinski definition) is 3. The van der Waals surface area contributed by atoms with E-state index in [4.69, 9.17) is 0 Å². The van der Waals surface area contributed by atoms with Crippen LogP contribution in [0.5, 0.6) is 0 Å². The van der Waals surface area contributed by atoms with Gasteiger partial charge in [-0.1, -0.05) is 84.9 Å². The van der Waals surface area contributed by atoms with Crippen molar-refractivity contribution in [2.24, 2.45) is 0 Å². The van der Waals surface area contributed by atoms with Crippen LogP contribution in [0, 0.1) is 0 Å². The Morgan fingerprint density at radius 2 is 1.16 bits per heavy atom. The fraction of sp³-hybridized carbons (Fsp3) is 0.188. The molecule has 0 atom stereocenters. The lowest BCUT2D eigenvalue weighted by Gasteiger charge is -2.39. The Morgan fingerprint density at radius 3 is 1.73 bits per heavy atom. The largest absolute Gasteiger partial charge is 0.336 e. The van der Waals surface area contributed by atoms with E-state index in [9.17, 15) is 9.59 Å². The number of carbonyl (C=O) groups excluding carboxylic acids is 2. The van der Waals surface area contributed by atoms with Gasteiger partial charge in [-0.05, 0) is 41.5 Å². The van der Waals surface area contributed by atoms with Crippen LogP contribution in [0.25, 0.3) is 0 Å². The molecule has 1 heterocycles. The summed E-state index contributed by atoms with van der Waals surface area (Å²) in [4.78, 5) is 32.4. The molecule has 0 saturated carbocycles. The highest BCUT2D eigenvalue weighted by molar-refractivity contribution is 6.07. The van der Waals surface area contributed by atoms with Crippen molar-refractivity contribution in [2.75, 3.05) is 38.1 Å². The van der Waals surface area contributed by atoms with Crippen LogP contribution in [0.1, 0.15) is 37.9 Å². The Labute approximate surface area is 218 Å². The summed E-state index contributed by atoms with van der Waals surface area (Å²) in [6.07, 6.45) is 0. The lowest BCUT2D eigenvalue weighted by molar-refractivity contribution is 0.0597. The molecule has 5 heteroatoms. The number of anilines is 1. The number of para-hydroxylation sites is 1. The summed E-state index contributed by atoms with van der Waals surface area (Å²) in [6.45, 7) is 2.82. The van der Waals surface area contributed by atoms with Gasteiger partial charge < -0.3 is 9.80 Å². The molecular weight excluding hydrogens is 458 g/mol. The third-order valence-corrected chi connectivity index (χ3v) is 7.00. The van der Waals surface area contributed by atoms with E-state index < -0.39 is 0 Å². The normalized spacial score (nSPS) is 13.9. The molecule has 5 nitrogen and oxygen atoms in total. The van der Waals surface area contributed by atoms with Crippen molar-refractivity contribution in [3.05, 3.63) is 138 Å². The highest BCUT2D eigenvalue weighted by atomic mass is 16.2. The first-order chi connectivity index (χ1) is 18.1. The predicted molar refractivity (Wildman–Crippen MR) is 148 cm³/mol. The van der Waals surface area contributed by atoms with Crippen LogP contribution in [-0.2, 0) is 0 Å². The minimum Gasteiger partial charge on any atom is -0.336 e. The maximum atomic E-state index is 13.4. The molecule has 0 bridgehead atoms. The van der Waals surface area contributed by atoms with Gasteiger partial charge in [-0.3, -0.25) is 14.5 Å². The van der Waals surface area contributed by atoms with Crippen LogP contribution < -0.4 is 4.90 Å². The minimum absolute atomic E-state index is 0.0346. The molecule has 1 saturated heterocycles. The Hall–Kier alpha value is -4.22. The topological polar surface area (TPSA) is 43.9 Å². The average molecular weight is 490 g/mol. The van der Waals surface area contributed by atoms with E-state index in [0.717, 1.165) is 18.8 Å². The molecule has 1 fully saturated rings. The smallest absolute Gasteiger partial charge is 0.258 e. The van der Waals surface area contributed by atoms with Crippen molar-refractivity contribution in [1.82, 2.24) is 9.80 Å². The van der Waals surface area contributed by atoms with Gasteiger partial charge in [-0.15, -0.1) is 0 Å². The molecule has 0 aromatic heterocycles. The second kappa shape index (κ2) is 11.2. The van der Waals surface area contributed by atoms with Gasteiger partial charge in [-0.2, -0.15) is 0 Å². The molecule has 1 aliphatic heterocycles. The Bertz CT molecular complexity index is 1290. The first kappa shape index (κ1) is 24.5. The number of rotatable bonds is 6. The molecule has 37 heavy (non-hydrogen) atoms. The molecule has 2 amide bonds. The van der Waals surface area contributed by atoms with E-state index in [1.807, 2.05) is 47.4 Å². The van der Waals surface area contributed by atoms with Crippen LogP contribution in [-0.4, -0.2) is 54.8 Å². The van der Waals surface area contributed by atoms with Crippen molar-refractivity contribution in [3.8, 4) is 0 Å². The second-order valence-corrected chi connectivity index (χ2v) is 9.33. The van der Waals surface area contributed by atoms with E-state index in [0.29, 0.717) is 24.2 Å². The number of hydrogen-bond donors (Lipinski definition) is 0. The zero-order valence-electron chi connectivity index (χ0n) is 21.0. The second-order valence-electron chi connectivity index (χ2n) is 9.33. The number of piperazine rings is 1. The van der Waals surface area contributed by atoms with Crippen LogP contribution in [0.15, 0.2) is 115 Å². The lowest BCUT2D eigenvalue weighted by atomic mass is 9.96. The molecule has 0 aliphatic carbocycles. The first-order valence-corrected chi connectivity index (χ1v) is 12.7. The summed E-state index contributed by atoms with van der Waals surface area (Å²) >= 11 is 0. The van der Waals surface area contributed by atoms with E-state index >= 15 is 0 Å². The summed E-state index contributed by atoms with van der Waals surface area (Å²) in [5, 5.41) is 0. The van der Waals surface area contributed by atoms with Gasteiger partial charge in [0.15, 0.2) is 0 Å². The van der Waals surface area contributed by atoms with E-state index in [2.05, 4.69) is 53.4 Å². The summed E-state index contributed by atoms with van der Waals surface area (Å²) in [5.74, 6) is -0.174. The fourth-order valence-corrected chi connectivity index (χ4v) is 5.00. The molecule has 0 N–H and O–H groups in total. The lowest BCUT2D eigenvalue weighted by Crippen LogP contribution is -2.49. The highest BCUT2D eigenvalue weighted by Gasteiger charge is 2.29. The van der Waals surface area contributed by atoms with Gasteiger partial charge in [-0.25, -0.2) is 0 Å². The van der Waals surface area contributed by atoms with Gasteiger partial charge in [0, 0.05) is 50.0 Å². The van der Waals surface area contributed by atoms with Gasteiger partial charge in [0.05, 0.1) is 6.04 Å². The Balaban J connectivity index is 1.29. The van der Waals surface area contributed by atoms with Crippen molar-refractivity contribution < 1.29 is 9.59 Å². The van der Waals surface area contributed by atoms with Crippen LogP contribution in [0.3, 0.4) is 0 Å². The van der Waals surface area contributed by atoms with E-state index in [1.165, 1.54) is 11.1 Å². The van der Waals surface area contributed by atoms with Crippen molar-refractivity contribution in [1.29, 1.82) is 0 Å². The number of amides is 2. The van der Waals surface area contributed by atoms with Gasteiger partial charge in [0.1, 0.15) is 0 Å². The summed E-state index contributed by atoms with van der Waals surface area (Å²) in [7, 11) is 1.75. The summed E-state index contributed by atoms with van der Waals surface area (Å²) in [5.41, 5.74) is 4.36. The molecular formula is C32H31N3O2. The molecule has 5 rings (SSSR count). The van der Waals surface area contributed by atoms with Crippen molar-refractivity contribution >= 4 is 17.5 Å². The first-order valence-electron chi connectivity index (χ1n) is 12.7. The molecule has 0 radical (unpaired) electrons. The average Bonchev–Trinajstić information content (AvgIpc) is 2.98. The number of nitrogens with zero attached hydrogens (tertiary/aromatic N) is 3. The quantitative estimate of drug-likeness (QED) is 0.359. The van der Waals surface area contributed by atoms with E-state index in [-0.39, 0.29) is 17.9 Å². The predicted octanol–water partition coefficient (Wildman–Crippen LogP) is 5.51. The van der Waals surface area contributed by atoms with Crippen molar-refractivity contribution in [2.45, 2.75) is 6.04 Å². The maximum absolute atomic E-state index is 13.4. The van der Waals surface area contributed by atoms with Crippen LogP contribution >= 0.6 is 0 Å². The highest BCUT2D eigenvalue weighted by Crippen LogP contribution is 2.29. The zero-order chi connectivity index (χ0) is 25.6. The SMILES string of the molecule is CN(C(=O)c1cccc(C(=O)N2CCN(C(c3ccccc3)c3ccccc3)CC2)c1)c1ccccc1. The van der Waals surface area contributed by atoms with Gasteiger partial charge >= 0.3 is 0 Å². The summed E-state index contributed by atoms with van der Waals surface area (Å²) in [6, 6.07) is 37.8. The minimum atomic E-state index is -0.140. The fourth-order valence-electron chi connectivity index (χ4n) is 5.00. The van der Waals surface area contributed by atoms with Gasteiger partial charge in [0.2, 0.25) is 0 Å². The molecule has 1 aliphatic rings. The Kier molecular flexibility index (Phi) is 7.43. The third-order valence-electron chi connectivity index (χ3n) is 7.00. The number of carbonyl (C=O) groups is 2.